The molecule has 1 saturated carbocycles. The van der Waals surface area contributed by atoms with E-state index in [4.69, 9.17) is 0 Å². The summed E-state index contributed by atoms with van der Waals surface area (Å²) < 4.78 is 0. The minimum atomic E-state index is 1.23. The number of rotatable bonds is 0. The molecule has 2 aliphatic rings. The van der Waals surface area contributed by atoms with Crippen molar-refractivity contribution in [1.29, 1.82) is 0 Å². The Balaban J connectivity index is 0.000000241. The molecular formula is C13H17BrRu. The number of halogens is 1. The molecule has 0 saturated heterocycles. The van der Waals surface area contributed by atoms with Crippen LogP contribution in [0.15, 0.2) is 24.3 Å². The van der Waals surface area contributed by atoms with E-state index in [0.29, 0.717) is 0 Å². The van der Waals surface area contributed by atoms with E-state index in [1.165, 1.54) is 25.7 Å². The summed E-state index contributed by atoms with van der Waals surface area (Å²) in [5.41, 5.74) is 0. The van der Waals surface area contributed by atoms with Gasteiger partial charge in [-0.1, -0.05) is 24.3 Å². The van der Waals surface area contributed by atoms with Gasteiger partial charge in [0.05, 0.1) is 0 Å². The van der Waals surface area contributed by atoms with Crippen LogP contribution in [-0.4, -0.2) is 0 Å². The molecule has 2 heteroatoms. The van der Waals surface area contributed by atoms with Crippen LogP contribution in [0, 0.1) is 32.1 Å². The zero-order valence-electron chi connectivity index (χ0n) is 8.76. The molecular weight excluding hydrogens is 337 g/mol. The molecule has 5 radical (unpaired) electrons. The van der Waals surface area contributed by atoms with Crippen molar-refractivity contribution in [3.8, 4) is 0 Å². The van der Waals surface area contributed by atoms with Crippen molar-refractivity contribution >= 4 is 13.6 Å². The Hall–Kier alpha value is 0.583. The van der Waals surface area contributed by atoms with E-state index in [1.807, 2.05) is 32.1 Å². The van der Waals surface area contributed by atoms with E-state index in [2.05, 4.69) is 54.3 Å². The average Bonchev–Trinajstić information content (AvgIpc) is 2.77. The van der Waals surface area contributed by atoms with Crippen molar-refractivity contribution < 1.29 is 16.3 Å². The molecule has 0 spiro atoms. The van der Waals surface area contributed by atoms with Gasteiger partial charge >= 0.3 is 30.0 Å². The number of hydrogen-bond donors (Lipinski definition) is 0. The second kappa shape index (κ2) is 14.6. The number of allylic oxidation sites excluding steroid dienone is 4. The predicted octanol–water partition coefficient (Wildman–Crippen LogP) is 4.54. The zero-order valence-corrected chi connectivity index (χ0v) is 12.1. The monoisotopic (exact) mass is 354 g/mol. The second-order valence-electron chi connectivity index (χ2n) is 3.06. The minimum Gasteiger partial charge on any atom is -0.0312 e. The Labute approximate surface area is 112 Å². The van der Waals surface area contributed by atoms with E-state index >= 15 is 0 Å². The van der Waals surface area contributed by atoms with Gasteiger partial charge in [0.1, 0.15) is 0 Å². The van der Waals surface area contributed by atoms with Crippen LogP contribution in [0.4, 0.5) is 0 Å². The summed E-state index contributed by atoms with van der Waals surface area (Å²) in [7, 11) is 0. The van der Waals surface area contributed by atoms with Gasteiger partial charge in [-0.05, 0) is 57.8 Å². The maximum atomic E-state index is 2.87. The first-order chi connectivity index (χ1) is 7.50. The van der Waals surface area contributed by atoms with Crippen LogP contribution in [0.1, 0.15) is 25.7 Å². The SMILES string of the molecule is C1=C\CC/C=C\CC/1.[Br][Ru].[CH]1[CH][CH][CH][CH]1. The van der Waals surface area contributed by atoms with Gasteiger partial charge in [0.15, 0.2) is 0 Å². The van der Waals surface area contributed by atoms with Crippen LogP contribution in [0.2, 0.25) is 0 Å². The van der Waals surface area contributed by atoms with Crippen LogP contribution in [0.3, 0.4) is 0 Å². The van der Waals surface area contributed by atoms with Gasteiger partial charge in [0, 0.05) is 0 Å². The third-order valence-electron chi connectivity index (χ3n) is 1.89. The van der Waals surface area contributed by atoms with E-state index in [0.717, 1.165) is 0 Å². The van der Waals surface area contributed by atoms with Crippen LogP contribution >= 0.6 is 13.6 Å². The molecule has 0 amide bonds. The molecule has 2 rings (SSSR count). The van der Waals surface area contributed by atoms with E-state index in [1.54, 1.807) is 0 Å². The van der Waals surface area contributed by atoms with E-state index in [9.17, 15) is 0 Å². The van der Waals surface area contributed by atoms with Crippen molar-refractivity contribution in [2.45, 2.75) is 25.7 Å². The molecule has 0 aromatic heterocycles. The molecule has 1 fully saturated rings. The molecule has 0 aromatic rings. The van der Waals surface area contributed by atoms with E-state index in [-0.39, 0.29) is 0 Å². The van der Waals surface area contributed by atoms with E-state index < -0.39 is 0 Å². The molecule has 0 aromatic carbocycles. The molecule has 84 valence electrons. The smallest absolute Gasteiger partial charge is 0.0312 e. The summed E-state index contributed by atoms with van der Waals surface area (Å²) in [6.45, 7) is 0. The fraction of sp³-hybridized carbons (Fsp3) is 0.308. The van der Waals surface area contributed by atoms with Crippen LogP contribution in [0.25, 0.3) is 0 Å². The van der Waals surface area contributed by atoms with Crippen molar-refractivity contribution in [2.24, 2.45) is 0 Å². The van der Waals surface area contributed by atoms with Crippen molar-refractivity contribution in [3.05, 3.63) is 56.4 Å². The number of hydrogen-bond acceptors (Lipinski definition) is 0. The third kappa shape index (κ3) is 12.5. The Morgan fingerprint density at radius 3 is 0.933 bits per heavy atom. The van der Waals surface area contributed by atoms with Gasteiger partial charge in [-0.25, -0.2) is 0 Å². The third-order valence-corrected chi connectivity index (χ3v) is 1.89. The zero-order chi connectivity index (χ0) is 11.2. The topological polar surface area (TPSA) is 0 Å². The molecule has 0 heterocycles. The van der Waals surface area contributed by atoms with Crippen molar-refractivity contribution in [1.82, 2.24) is 0 Å². The summed E-state index contributed by atoms with van der Waals surface area (Å²) >= 11 is 5.03. The fourth-order valence-corrected chi connectivity index (χ4v) is 1.18. The molecule has 0 N–H and O–H groups in total. The summed E-state index contributed by atoms with van der Waals surface area (Å²) in [6, 6.07) is 0. The van der Waals surface area contributed by atoms with Crippen molar-refractivity contribution in [3.63, 3.8) is 0 Å². The van der Waals surface area contributed by atoms with Gasteiger partial charge in [0.2, 0.25) is 0 Å². The largest absolute Gasteiger partial charge is 0.0312 e. The minimum absolute atomic E-state index is 1.23. The molecule has 15 heavy (non-hydrogen) atoms. The van der Waals surface area contributed by atoms with Crippen LogP contribution in [-0.2, 0) is 16.3 Å². The Morgan fingerprint density at radius 1 is 0.533 bits per heavy atom. The fourth-order valence-electron chi connectivity index (χ4n) is 1.18. The Morgan fingerprint density at radius 2 is 0.733 bits per heavy atom. The van der Waals surface area contributed by atoms with Gasteiger partial charge in [-0.3, -0.25) is 0 Å². The molecule has 0 atom stereocenters. The first kappa shape index (κ1) is 15.6. The van der Waals surface area contributed by atoms with Gasteiger partial charge in [0.25, 0.3) is 0 Å². The second-order valence-corrected chi connectivity index (χ2v) is 3.06. The summed E-state index contributed by atoms with van der Waals surface area (Å²) in [4.78, 5) is 0. The summed E-state index contributed by atoms with van der Waals surface area (Å²) in [5.74, 6) is 0. The first-order valence-electron chi connectivity index (χ1n) is 5.10. The summed E-state index contributed by atoms with van der Waals surface area (Å²) in [6.07, 6.45) is 24.0. The van der Waals surface area contributed by atoms with Gasteiger partial charge < -0.3 is 0 Å². The van der Waals surface area contributed by atoms with Crippen LogP contribution < -0.4 is 0 Å². The normalized spacial score (nSPS) is 23.3. The Bertz CT molecular complexity index is 126. The average molecular weight is 354 g/mol. The van der Waals surface area contributed by atoms with Crippen molar-refractivity contribution in [2.75, 3.05) is 0 Å². The van der Waals surface area contributed by atoms with Gasteiger partial charge in [-0.15, -0.1) is 0 Å². The molecule has 0 unspecified atom stereocenters. The molecule has 0 aliphatic heterocycles. The maximum Gasteiger partial charge on any atom is -0.0312 e. The van der Waals surface area contributed by atoms with Crippen LogP contribution in [0.5, 0.6) is 0 Å². The summed E-state index contributed by atoms with van der Waals surface area (Å²) in [5, 5.41) is 0. The molecule has 0 bridgehead atoms. The maximum absolute atomic E-state index is 2.87. The predicted molar refractivity (Wildman–Crippen MR) is 67.2 cm³/mol. The van der Waals surface area contributed by atoms with Gasteiger partial charge in [-0.2, -0.15) is 0 Å². The standard InChI is InChI=1S/C8H12.C5H5.BrH.Ru/c1-2-4-6-8-7-5-3-1;1-2-4-5-3-1;;/h1-2,7-8H,3-6H2;1-5H;1H;/q;;;+1/p-1/b2-1-,8-7-;;;. The molecule has 0 nitrogen and oxygen atoms in total. The molecule has 2 aliphatic carbocycles. The first-order valence-corrected chi connectivity index (χ1v) is 9.07. The quantitative estimate of drug-likeness (QED) is 0.443. The Kier molecular flexibility index (Phi) is 15.2.